The van der Waals surface area contributed by atoms with E-state index < -0.39 is 0 Å². The highest BCUT2D eigenvalue weighted by Crippen LogP contribution is 2.25. The second kappa shape index (κ2) is 9.22. The van der Waals surface area contributed by atoms with Crippen LogP contribution in [0.5, 0.6) is 0 Å². The van der Waals surface area contributed by atoms with Crippen LogP contribution in [0.2, 0.25) is 0 Å². The van der Waals surface area contributed by atoms with Gasteiger partial charge >= 0.3 is 0 Å². The van der Waals surface area contributed by atoms with Gasteiger partial charge in [-0.05, 0) is 38.3 Å². The van der Waals surface area contributed by atoms with Gasteiger partial charge in [-0.25, -0.2) is 4.39 Å². The molecule has 1 aromatic carbocycles. The van der Waals surface area contributed by atoms with Gasteiger partial charge in [0.2, 0.25) is 11.8 Å². The van der Waals surface area contributed by atoms with Crippen LogP contribution in [-0.2, 0) is 20.9 Å². The number of hydrogen-bond acceptors (Lipinski definition) is 4. The van der Waals surface area contributed by atoms with E-state index in [0.717, 1.165) is 52.0 Å². The summed E-state index contributed by atoms with van der Waals surface area (Å²) in [5, 5.41) is 0. The maximum atomic E-state index is 13.9. The SMILES string of the molecule is O=C1CN(C(=O)[C@H]2CCCN(C3CCOCC3)C2)CCN1Cc1ccccc1F. The number of ether oxygens (including phenoxy) is 1. The predicted molar refractivity (Wildman–Crippen MR) is 107 cm³/mol. The molecule has 0 spiro atoms. The van der Waals surface area contributed by atoms with Crippen LogP contribution in [0.4, 0.5) is 4.39 Å². The van der Waals surface area contributed by atoms with E-state index in [-0.39, 0.29) is 36.6 Å². The molecule has 3 fully saturated rings. The zero-order valence-corrected chi connectivity index (χ0v) is 16.9. The second-order valence-corrected chi connectivity index (χ2v) is 8.34. The highest BCUT2D eigenvalue weighted by Gasteiger charge is 2.35. The summed E-state index contributed by atoms with van der Waals surface area (Å²) >= 11 is 0. The number of piperidine rings is 1. The van der Waals surface area contributed by atoms with Gasteiger partial charge in [0, 0.05) is 51.0 Å². The van der Waals surface area contributed by atoms with Crippen LogP contribution in [0, 0.1) is 11.7 Å². The molecule has 0 N–H and O–H groups in total. The number of rotatable bonds is 4. The Kier molecular flexibility index (Phi) is 6.45. The first-order valence-electron chi connectivity index (χ1n) is 10.7. The molecule has 0 unspecified atom stereocenters. The van der Waals surface area contributed by atoms with Crippen LogP contribution in [-0.4, -0.2) is 78.5 Å². The number of carbonyl (C=O) groups excluding carboxylic acids is 2. The lowest BCUT2D eigenvalue weighted by molar-refractivity contribution is -0.149. The number of hydrogen-bond donors (Lipinski definition) is 0. The van der Waals surface area contributed by atoms with Crippen molar-refractivity contribution >= 4 is 11.8 Å². The molecule has 1 atom stereocenters. The molecule has 0 radical (unpaired) electrons. The van der Waals surface area contributed by atoms with Gasteiger partial charge in [-0.1, -0.05) is 18.2 Å². The summed E-state index contributed by atoms with van der Waals surface area (Å²) in [5.41, 5.74) is 0.514. The summed E-state index contributed by atoms with van der Waals surface area (Å²) in [4.78, 5) is 31.5. The molecule has 6 nitrogen and oxygen atoms in total. The molecule has 7 heteroatoms. The monoisotopic (exact) mass is 403 g/mol. The Morgan fingerprint density at radius 2 is 1.90 bits per heavy atom. The fourth-order valence-electron chi connectivity index (χ4n) is 4.74. The standard InChI is InChI=1S/C22H30FN3O3/c23-20-6-2-1-4-17(20)14-25-10-11-26(16-21(25)27)22(28)18-5-3-9-24(15-18)19-7-12-29-13-8-19/h1-2,4,6,18-19H,3,5,7-16H2/t18-/m0/s1. The van der Waals surface area contributed by atoms with Crippen molar-refractivity contribution in [1.82, 2.24) is 14.7 Å². The van der Waals surface area contributed by atoms with E-state index in [1.807, 2.05) is 0 Å². The third kappa shape index (κ3) is 4.78. The van der Waals surface area contributed by atoms with E-state index in [2.05, 4.69) is 4.90 Å². The number of amides is 2. The molecular formula is C22H30FN3O3. The summed E-state index contributed by atoms with van der Waals surface area (Å²) in [7, 11) is 0. The minimum atomic E-state index is -0.297. The van der Waals surface area contributed by atoms with E-state index in [1.54, 1.807) is 28.0 Å². The lowest BCUT2D eigenvalue weighted by Crippen LogP contribution is -2.55. The van der Waals surface area contributed by atoms with Gasteiger partial charge < -0.3 is 14.5 Å². The Hall–Kier alpha value is -1.99. The first-order chi connectivity index (χ1) is 14.1. The summed E-state index contributed by atoms with van der Waals surface area (Å²) in [6.07, 6.45) is 3.99. The Balaban J connectivity index is 1.32. The Morgan fingerprint density at radius 1 is 1.10 bits per heavy atom. The topological polar surface area (TPSA) is 53.1 Å². The molecule has 1 aromatic rings. The number of carbonyl (C=O) groups is 2. The first-order valence-corrected chi connectivity index (χ1v) is 10.7. The summed E-state index contributed by atoms with van der Waals surface area (Å²) in [6, 6.07) is 7.04. The number of nitrogens with zero attached hydrogens (tertiary/aromatic N) is 3. The van der Waals surface area contributed by atoms with Crippen LogP contribution in [0.1, 0.15) is 31.2 Å². The average Bonchev–Trinajstić information content (AvgIpc) is 2.77. The highest BCUT2D eigenvalue weighted by molar-refractivity contribution is 5.87. The molecule has 29 heavy (non-hydrogen) atoms. The van der Waals surface area contributed by atoms with Crippen molar-refractivity contribution in [2.75, 3.05) is 45.9 Å². The van der Waals surface area contributed by atoms with Gasteiger partial charge in [0.15, 0.2) is 0 Å². The van der Waals surface area contributed by atoms with E-state index in [4.69, 9.17) is 4.74 Å². The van der Waals surface area contributed by atoms with Crippen molar-refractivity contribution in [2.45, 2.75) is 38.3 Å². The van der Waals surface area contributed by atoms with Gasteiger partial charge in [-0.15, -0.1) is 0 Å². The number of benzene rings is 1. The van der Waals surface area contributed by atoms with Gasteiger partial charge in [0.25, 0.3) is 0 Å². The molecule has 3 aliphatic rings. The maximum Gasteiger partial charge on any atom is 0.242 e. The second-order valence-electron chi connectivity index (χ2n) is 8.34. The fourth-order valence-corrected chi connectivity index (χ4v) is 4.74. The Labute approximate surface area is 171 Å². The smallest absolute Gasteiger partial charge is 0.242 e. The van der Waals surface area contributed by atoms with Gasteiger partial charge in [-0.2, -0.15) is 0 Å². The molecular weight excluding hydrogens is 373 g/mol. The number of halogens is 1. The zero-order chi connectivity index (χ0) is 20.2. The molecule has 3 aliphatic heterocycles. The van der Waals surface area contributed by atoms with Crippen LogP contribution >= 0.6 is 0 Å². The van der Waals surface area contributed by atoms with Crippen molar-refractivity contribution < 1.29 is 18.7 Å². The van der Waals surface area contributed by atoms with Gasteiger partial charge in [-0.3, -0.25) is 14.5 Å². The summed E-state index contributed by atoms with van der Waals surface area (Å²) < 4.78 is 19.4. The van der Waals surface area contributed by atoms with Crippen molar-refractivity contribution in [1.29, 1.82) is 0 Å². The van der Waals surface area contributed by atoms with Crippen LogP contribution in [0.3, 0.4) is 0 Å². The Bertz CT molecular complexity index is 738. The quantitative estimate of drug-likeness (QED) is 0.771. The molecule has 0 aromatic heterocycles. The van der Waals surface area contributed by atoms with Crippen molar-refractivity contribution in [3.05, 3.63) is 35.6 Å². The van der Waals surface area contributed by atoms with Crippen LogP contribution < -0.4 is 0 Å². The summed E-state index contributed by atoms with van der Waals surface area (Å²) in [6.45, 7) is 4.77. The average molecular weight is 403 g/mol. The van der Waals surface area contributed by atoms with E-state index in [0.29, 0.717) is 24.7 Å². The third-order valence-corrected chi connectivity index (χ3v) is 6.46. The zero-order valence-electron chi connectivity index (χ0n) is 16.9. The lowest BCUT2D eigenvalue weighted by atomic mass is 9.93. The molecule has 0 aliphatic carbocycles. The van der Waals surface area contributed by atoms with Crippen LogP contribution in [0.15, 0.2) is 24.3 Å². The molecule has 0 bridgehead atoms. The maximum absolute atomic E-state index is 13.9. The normalized spacial score (nSPS) is 24.7. The van der Waals surface area contributed by atoms with E-state index in [9.17, 15) is 14.0 Å². The molecule has 4 rings (SSSR count). The molecule has 2 amide bonds. The molecule has 3 heterocycles. The van der Waals surface area contributed by atoms with Crippen molar-refractivity contribution in [3.8, 4) is 0 Å². The van der Waals surface area contributed by atoms with Crippen molar-refractivity contribution in [3.63, 3.8) is 0 Å². The van der Waals surface area contributed by atoms with Crippen molar-refractivity contribution in [2.24, 2.45) is 5.92 Å². The highest BCUT2D eigenvalue weighted by atomic mass is 19.1. The number of likely N-dealkylation sites (tertiary alicyclic amines) is 1. The predicted octanol–water partition coefficient (Wildman–Crippen LogP) is 1.89. The first kappa shape index (κ1) is 20.3. The lowest BCUT2D eigenvalue weighted by Gasteiger charge is -2.41. The molecule has 0 saturated carbocycles. The molecule has 3 saturated heterocycles. The van der Waals surface area contributed by atoms with E-state index >= 15 is 0 Å². The summed E-state index contributed by atoms with van der Waals surface area (Å²) in [5.74, 6) is -0.336. The van der Waals surface area contributed by atoms with Gasteiger partial charge in [0.1, 0.15) is 5.82 Å². The largest absolute Gasteiger partial charge is 0.381 e. The minimum Gasteiger partial charge on any atom is -0.381 e. The van der Waals surface area contributed by atoms with Crippen LogP contribution in [0.25, 0.3) is 0 Å². The number of piperazine rings is 1. The van der Waals surface area contributed by atoms with Gasteiger partial charge in [0.05, 0.1) is 12.5 Å². The fraction of sp³-hybridized carbons (Fsp3) is 0.636. The molecule has 158 valence electrons. The van der Waals surface area contributed by atoms with E-state index in [1.165, 1.54) is 6.07 Å². The minimum absolute atomic E-state index is 0.0301. The third-order valence-electron chi connectivity index (χ3n) is 6.46. The Morgan fingerprint density at radius 3 is 2.66 bits per heavy atom.